The number of anilines is 1. The minimum atomic E-state index is -2.69. The minimum Gasteiger partial charge on any atom is -0.388 e. The molecule has 1 fully saturated rings. The Hall–Kier alpha value is -1.73. The molecule has 124 valence electrons. The Morgan fingerprint density at radius 2 is 2.22 bits per heavy atom. The minimum absolute atomic E-state index is 0.308. The molecule has 8 heteroatoms. The molecule has 1 saturated heterocycles. The van der Waals surface area contributed by atoms with Gasteiger partial charge in [0.1, 0.15) is 5.15 Å². The summed E-state index contributed by atoms with van der Waals surface area (Å²) in [4.78, 5) is 6.03. The average molecular weight is 343 g/mol. The number of hydrogen-bond donors (Lipinski definition) is 1. The van der Waals surface area contributed by atoms with Crippen molar-refractivity contribution in [1.82, 2.24) is 14.8 Å². The third kappa shape index (κ3) is 3.45. The molecule has 23 heavy (non-hydrogen) atoms. The molecule has 3 heterocycles. The highest BCUT2D eigenvalue weighted by atomic mass is 35.5. The van der Waals surface area contributed by atoms with E-state index in [1.54, 1.807) is 13.0 Å². The van der Waals surface area contributed by atoms with Crippen molar-refractivity contribution in [2.45, 2.75) is 31.9 Å². The van der Waals surface area contributed by atoms with Gasteiger partial charge < -0.3 is 10.0 Å². The van der Waals surface area contributed by atoms with Crippen LogP contribution in [-0.4, -0.2) is 38.6 Å². The smallest absolute Gasteiger partial charge is 0.333 e. The summed E-state index contributed by atoms with van der Waals surface area (Å²) in [7, 11) is 0. The van der Waals surface area contributed by atoms with E-state index < -0.39 is 12.2 Å². The zero-order valence-corrected chi connectivity index (χ0v) is 13.3. The quantitative estimate of drug-likeness (QED) is 0.869. The molecule has 0 unspecified atom stereocenters. The largest absolute Gasteiger partial charge is 0.388 e. The van der Waals surface area contributed by atoms with E-state index in [1.165, 1.54) is 18.5 Å². The predicted octanol–water partition coefficient (Wildman–Crippen LogP) is 3.34. The summed E-state index contributed by atoms with van der Waals surface area (Å²) in [5.41, 5.74) is 0.957. The first-order valence-electron chi connectivity index (χ1n) is 7.32. The number of aromatic nitrogens is 3. The van der Waals surface area contributed by atoms with Crippen molar-refractivity contribution in [3.05, 3.63) is 29.7 Å². The van der Waals surface area contributed by atoms with E-state index >= 15 is 0 Å². The Balaban J connectivity index is 2.00. The lowest BCUT2D eigenvalue weighted by molar-refractivity contribution is 0.0449. The van der Waals surface area contributed by atoms with E-state index in [0.29, 0.717) is 27.6 Å². The van der Waals surface area contributed by atoms with Crippen LogP contribution in [0.15, 0.2) is 24.5 Å². The molecule has 1 N–H and O–H groups in total. The van der Waals surface area contributed by atoms with Crippen molar-refractivity contribution >= 4 is 17.3 Å². The zero-order valence-electron chi connectivity index (χ0n) is 12.6. The van der Waals surface area contributed by atoms with Gasteiger partial charge in [-0.1, -0.05) is 11.6 Å². The summed E-state index contributed by atoms with van der Waals surface area (Å²) in [6.07, 6.45) is 4.30. The molecule has 0 amide bonds. The number of halogens is 3. The first-order valence-corrected chi connectivity index (χ1v) is 7.70. The number of nitrogens with zero attached hydrogens (tertiary/aromatic N) is 4. The molecule has 0 bridgehead atoms. The molecule has 2 aromatic rings. The van der Waals surface area contributed by atoms with Crippen molar-refractivity contribution in [1.29, 1.82) is 0 Å². The van der Waals surface area contributed by atoms with E-state index in [-0.39, 0.29) is 0 Å². The average Bonchev–Trinajstić information content (AvgIpc) is 2.96. The first-order chi connectivity index (χ1) is 10.9. The van der Waals surface area contributed by atoms with Gasteiger partial charge in [0, 0.05) is 31.0 Å². The van der Waals surface area contributed by atoms with Gasteiger partial charge in [0.05, 0.1) is 17.0 Å². The van der Waals surface area contributed by atoms with Crippen molar-refractivity contribution in [2.75, 3.05) is 18.0 Å². The first kappa shape index (κ1) is 16.1. The third-order valence-electron chi connectivity index (χ3n) is 3.95. The second kappa shape index (κ2) is 6.05. The van der Waals surface area contributed by atoms with Gasteiger partial charge in [-0.15, -0.1) is 0 Å². The number of aliphatic hydroxyl groups is 1. The maximum absolute atomic E-state index is 12.7. The topological polar surface area (TPSA) is 54.2 Å². The number of hydrogen-bond acceptors (Lipinski definition) is 4. The second-order valence-electron chi connectivity index (χ2n) is 6.00. The van der Waals surface area contributed by atoms with Crippen LogP contribution in [0.2, 0.25) is 5.15 Å². The number of pyridine rings is 1. The summed E-state index contributed by atoms with van der Waals surface area (Å²) in [6, 6.07) is 3.20. The van der Waals surface area contributed by atoms with Gasteiger partial charge >= 0.3 is 6.55 Å². The monoisotopic (exact) mass is 342 g/mol. The van der Waals surface area contributed by atoms with Crippen LogP contribution in [0, 0.1) is 0 Å². The fraction of sp³-hybridized carbons (Fsp3) is 0.467. The van der Waals surface area contributed by atoms with E-state index in [2.05, 4.69) is 10.1 Å². The van der Waals surface area contributed by atoms with Gasteiger partial charge in [0.2, 0.25) is 0 Å². The summed E-state index contributed by atoms with van der Waals surface area (Å²) < 4.78 is 26.1. The van der Waals surface area contributed by atoms with Crippen LogP contribution in [0.25, 0.3) is 11.3 Å². The molecule has 3 rings (SSSR count). The molecule has 2 aromatic heterocycles. The highest BCUT2D eigenvalue weighted by Gasteiger charge is 2.30. The van der Waals surface area contributed by atoms with E-state index in [9.17, 15) is 13.9 Å². The molecule has 5 nitrogen and oxygen atoms in total. The van der Waals surface area contributed by atoms with Crippen LogP contribution in [-0.2, 0) is 0 Å². The summed E-state index contributed by atoms with van der Waals surface area (Å²) in [6.45, 7) is 0.283. The molecule has 0 saturated carbocycles. The summed E-state index contributed by atoms with van der Waals surface area (Å²) >= 11 is 6.00. The SMILES string of the molecule is C[C@]1(O)CCCN(c2cc(Cl)ncc2-c2ccn(C(F)F)n2)C1. The Morgan fingerprint density at radius 1 is 1.43 bits per heavy atom. The molecule has 1 atom stereocenters. The summed E-state index contributed by atoms with van der Waals surface area (Å²) in [5.74, 6) is 0. The molecule has 0 radical (unpaired) electrons. The zero-order chi connectivity index (χ0) is 16.6. The standard InChI is InChI=1S/C15H17ClF2N4O/c1-15(23)4-2-5-21(9-15)12-7-13(16)19-8-10(12)11-3-6-22(20-11)14(17)18/h3,6-8,14,23H,2,4-5,9H2,1H3/t15-/m0/s1. The van der Waals surface area contributed by atoms with Gasteiger partial charge in [-0.25, -0.2) is 9.67 Å². The van der Waals surface area contributed by atoms with Gasteiger partial charge in [-0.2, -0.15) is 13.9 Å². The lowest BCUT2D eigenvalue weighted by Gasteiger charge is -2.39. The maximum atomic E-state index is 12.7. The van der Waals surface area contributed by atoms with E-state index in [4.69, 9.17) is 11.6 Å². The fourth-order valence-electron chi connectivity index (χ4n) is 2.90. The van der Waals surface area contributed by atoms with Crippen molar-refractivity contribution < 1.29 is 13.9 Å². The number of rotatable bonds is 3. The van der Waals surface area contributed by atoms with Gasteiger partial charge in [0.25, 0.3) is 0 Å². The molecule has 0 spiro atoms. The highest BCUT2D eigenvalue weighted by Crippen LogP contribution is 2.34. The molecule has 0 aliphatic carbocycles. The molecule has 1 aliphatic heterocycles. The number of piperidine rings is 1. The van der Waals surface area contributed by atoms with Crippen LogP contribution < -0.4 is 4.90 Å². The van der Waals surface area contributed by atoms with Crippen molar-refractivity contribution in [3.8, 4) is 11.3 Å². The Kier molecular flexibility index (Phi) is 4.25. The van der Waals surface area contributed by atoms with Gasteiger partial charge in [-0.3, -0.25) is 0 Å². The van der Waals surface area contributed by atoms with Crippen LogP contribution in [0.4, 0.5) is 14.5 Å². The highest BCUT2D eigenvalue weighted by molar-refractivity contribution is 6.29. The molecular formula is C15H17ClF2N4O. The molecule has 1 aliphatic rings. The van der Waals surface area contributed by atoms with Crippen LogP contribution in [0.5, 0.6) is 0 Å². The Morgan fingerprint density at radius 3 is 2.87 bits per heavy atom. The van der Waals surface area contributed by atoms with E-state index in [1.807, 2.05) is 4.90 Å². The Labute approximate surface area is 137 Å². The lowest BCUT2D eigenvalue weighted by Crippen LogP contribution is -2.46. The normalized spacial score (nSPS) is 21.9. The molecule has 0 aromatic carbocycles. The molecular weight excluding hydrogens is 326 g/mol. The Bertz CT molecular complexity index is 705. The summed E-state index contributed by atoms with van der Waals surface area (Å²) in [5, 5.41) is 14.5. The van der Waals surface area contributed by atoms with Crippen LogP contribution in [0.3, 0.4) is 0 Å². The lowest BCUT2D eigenvalue weighted by atomic mass is 9.94. The van der Waals surface area contributed by atoms with Crippen LogP contribution >= 0.6 is 11.6 Å². The fourth-order valence-corrected chi connectivity index (χ4v) is 3.05. The number of β-amino-alcohol motifs (C(OH)–C–C–N with tert-alkyl or cyclic N) is 1. The third-order valence-corrected chi connectivity index (χ3v) is 4.16. The predicted molar refractivity (Wildman–Crippen MR) is 83.8 cm³/mol. The number of alkyl halides is 2. The van der Waals surface area contributed by atoms with Gasteiger partial charge in [-0.05, 0) is 31.9 Å². The van der Waals surface area contributed by atoms with Crippen LogP contribution in [0.1, 0.15) is 26.3 Å². The van der Waals surface area contributed by atoms with Crippen molar-refractivity contribution in [3.63, 3.8) is 0 Å². The van der Waals surface area contributed by atoms with E-state index in [0.717, 1.165) is 25.1 Å². The maximum Gasteiger partial charge on any atom is 0.333 e. The second-order valence-corrected chi connectivity index (χ2v) is 6.39. The van der Waals surface area contributed by atoms with Crippen molar-refractivity contribution in [2.24, 2.45) is 0 Å². The van der Waals surface area contributed by atoms with Gasteiger partial charge in [0.15, 0.2) is 0 Å².